The van der Waals surface area contributed by atoms with E-state index in [4.69, 9.17) is 16.6 Å². The van der Waals surface area contributed by atoms with Crippen LogP contribution in [0.3, 0.4) is 0 Å². The number of carbonyl (C=O) groups is 2. The van der Waals surface area contributed by atoms with Crippen molar-refractivity contribution >= 4 is 46.2 Å². The van der Waals surface area contributed by atoms with Crippen molar-refractivity contribution < 1.29 is 19.1 Å². The number of carbonyl (C=O) groups excluding carboxylic acids is 2. The van der Waals surface area contributed by atoms with Gasteiger partial charge in [0.15, 0.2) is 5.78 Å². The van der Waals surface area contributed by atoms with E-state index in [2.05, 4.69) is 103 Å². The molecule has 2 aliphatic rings. The van der Waals surface area contributed by atoms with Crippen LogP contribution in [0.25, 0.3) is 11.3 Å². The number of likely N-dealkylation sites (tertiary alicyclic amines) is 1. The van der Waals surface area contributed by atoms with Crippen LogP contribution in [0, 0.1) is 36.4 Å². The first-order valence-electron chi connectivity index (χ1n) is 26.3. The van der Waals surface area contributed by atoms with E-state index in [1.807, 2.05) is 73.6 Å². The van der Waals surface area contributed by atoms with Crippen LogP contribution in [0.2, 0.25) is 5.02 Å². The quantitative estimate of drug-likeness (QED) is 0.0611. The third-order valence-corrected chi connectivity index (χ3v) is 14.2. The van der Waals surface area contributed by atoms with Gasteiger partial charge in [0, 0.05) is 80.1 Å². The monoisotopic (exact) mass is 993 g/mol. The van der Waals surface area contributed by atoms with E-state index in [9.17, 15) is 14.7 Å². The molecule has 3 aromatic carbocycles. The highest BCUT2D eigenvalue weighted by Crippen LogP contribution is 2.36. The van der Waals surface area contributed by atoms with E-state index < -0.39 is 11.4 Å². The van der Waals surface area contributed by atoms with E-state index in [-0.39, 0.29) is 23.7 Å². The van der Waals surface area contributed by atoms with E-state index >= 15 is 4.39 Å². The van der Waals surface area contributed by atoms with Gasteiger partial charge in [0.2, 0.25) is 5.95 Å². The minimum Gasteiger partial charge on any atom is -0.385 e. The molecule has 0 spiro atoms. The summed E-state index contributed by atoms with van der Waals surface area (Å²) in [6.07, 6.45) is 10.1. The summed E-state index contributed by atoms with van der Waals surface area (Å²) in [5, 5.41) is 15.5. The Kier molecular flexibility index (Phi) is 23.1. The van der Waals surface area contributed by atoms with E-state index in [1.54, 1.807) is 6.20 Å². The lowest BCUT2D eigenvalue weighted by molar-refractivity contribution is -0.119. The van der Waals surface area contributed by atoms with Crippen LogP contribution >= 0.6 is 11.6 Å². The van der Waals surface area contributed by atoms with Crippen molar-refractivity contribution in [3.63, 3.8) is 0 Å². The summed E-state index contributed by atoms with van der Waals surface area (Å²) >= 11 is 6.53. The molecular formula is C60H86ClFN6O3. The van der Waals surface area contributed by atoms with Crippen molar-refractivity contribution in [2.45, 2.75) is 166 Å². The second-order valence-corrected chi connectivity index (χ2v) is 21.5. The maximum Gasteiger partial charge on any atom is 0.223 e. The summed E-state index contributed by atoms with van der Waals surface area (Å²) in [6, 6.07) is 18.3. The van der Waals surface area contributed by atoms with Gasteiger partial charge in [-0.25, -0.2) is 14.4 Å². The molecule has 9 nitrogen and oxygen atoms in total. The fourth-order valence-corrected chi connectivity index (χ4v) is 8.86. The number of Topliss-reactive ketones (excluding diaryl/α,β-unsaturated/α-hetero) is 2. The van der Waals surface area contributed by atoms with Crippen molar-refractivity contribution in [1.29, 1.82) is 0 Å². The second kappa shape index (κ2) is 27.9. The van der Waals surface area contributed by atoms with Gasteiger partial charge in [-0.3, -0.25) is 19.5 Å². The van der Waals surface area contributed by atoms with Crippen molar-refractivity contribution in [2.24, 2.45) is 28.7 Å². The summed E-state index contributed by atoms with van der Waals surface area (Å²) in [4.78, 5) is 42.2. The van der Waals surface area contributed by atoms with Crippen molar-refractivity contribution in [3.05, 3.63) is 111 Å². The number of nitrogens with one attached hydrogen (secondary N) is 1. The molecule has 0 radical (unpaired) electrons. The van der Waals surface area contributed by atoms with Gasteiger partial charge >= 0.3 is 0 Å². The van der Waals surface area contributed by atoms with Crippen LogP contribution in [0.5, 0.6) is 0 Å². The van der Waals surface area contributed by atoms with Gasteiger partial charge < -0.3 is 15.3 Å². The molecule has 2 aliphatic heterocycles. The number of aliphatic imine (C=N–C) groups is 1. The van der Waals surface area contributed by atoms with Crippen LogP contribution in [-0.2, 0) is 23.4 Å². The molecule has 1 unspecified atom stereocenters. The fraction of sp³-hybridized carbons (Fsp3) is 0.550. The summed E-state index contributed by atoms with van der Waals surface area (Å²) in [7, 11) is 0. The van der Waals surface area contributed by atoms with Crippen LogP contribution in [0.15, 0.2) is 77.4 Å². The summed E-state index contributed by atoms with van der Waals surface area (Å²) in [5.74, 6) is 2.20. The average Bonchev–Trinajstić information content (AvgIpc) is 3.35. The van der Waals surface area contributed by atoms with Gasteiger partial charge in [0.25, 0.3) is 0 Å². The summed E-state index contributed by atoms with van der Waals surface area (Å²) in [6.45, 7) is 32.8. The number of aryl methyl sites for hydroxylation is 2. The van der Waals surface area contributed by atoms with Crippen molar-refractivity contribution in [1.82, 2.24) is 14.9 Å². The molecule has 0 bridgehead atoms. The van der Waals surface area contributed by atoms with Crippen LogP contribution < -0.4 is 10.2 Å². The Labute approximate surface area is 432 Å². The number of anilines is 2. The molecule has 388 valence electrons. The molecule has 1 atom stereocenters. The first kappa shape index (κ1) is 58.8. The molecular weight excluding hydrogens is 907 g/mol. The lowest BCUT2D eigenvalue weighted by atomic mass is 9.82. The second-order valence-electron chi connectivity index (χ2n) is 21.1. The van der Waals surface area contributed by atoms with E-state index in [0.717, 1.165) is 98.7 Å². The van der Waals surface area contributed by atoms with Crippen LogP contribution in [0.4, 0.5) is 21.7 Å². The number of benzene rings is 3. The molecule has 6 rings (SSSR count). The lowest BCUT2D eigenvalue weighted by Crippen LogP contribution is -2.42. The molecule has 2 N–H and O–H groups in total. The Morgan fingerprint density at radius 2 is 1.56 bits per heavy atom. The smallest absolute Gasteiger partial charge is 0.223 e. The first-order chi connectivity index (χ1) is 33.6. The zero-order valence-corrected chi connectivity index (χ0v) is 46.4. The van der Waals surface area contributed by atoms with Gasteiger partial charge in [-0.2, -0.15) is 0 Å². The summed E-state index contributed by atoms with van der Waals surface area (Å²) < 4.78 is 15.2. The molecule has 0 aliphatic carbocycles. The Morgan fingerprint density at radius 3 is 2.11 bits per heavy atom. The molecule has 2 saturated heterocycles. The average molecular weight is 994 g/mol. The number of nitrogens with zero attached hydrogens (tertiary/aromatic N) is 5. The zero-order valence-electron chi connectivity index (χ0n) is 45.7. The van der Waals surface area contributed by atoms with Gasteiger partial charge in [0.05, 0.1) is 22.5 Å². The molecule has 1 aromatic heterocycles. The number of rotatable bonds is 17. The summed E-state index contributed by atoms with van der Waals surface area (Å²) in [5.41, 5.74) is 8.75. The maximum absolute atomic E-state index is 15.2. The number of aliphatic hydroxyl groups is 1. The molecule has 11 heteroatoms. The predicted molar refractivity (Wildman–Crippen MR) is 297 cm³/mol. The highest BCUT2D eigenvalue weighted by atomic mass is 35.5. The fourth-order valence-electron chi connectivity index (χ4n) is 8.66. The van der Waals surface area contributed by atoms with E-state index in [0.29, 0.717) is 58.9 Å². The lowest BCUT2D eigenvalue weighted by Gasteiger charge is -2.39. The number of aromatic nitrogens is 2. The number of hydrogen-bond donors (Lipinski definition) is 2. The Balaban J connectivity index is 0.000000589. The Bertz CT molecular complexity index is 2390. The molecule has 0 saturated carbocycles. The number of ketones is 2. The molecule has 71 heavy (non-hydrogen) atoms. The van der Waals surface area contributed by atoms with Crippen molar-refractivity contribution in [3.8, 4) is 11.3 Å². The highest BCUT2D eigenvalue weighted by Gasteiger charge is 2.35. The first-order valence-corrected chi connectivity index (χ1v) is 26.7. The van der Waals surface area contributed by atoms with Gasteiger partial charge in [-0.1, -0.05) is 123 Å². The van der Waals surface area contributed by atoms with Crippen molar-refractivity contribution in [2.75, 3.05) is 36.4 Å². The third-order valence-electron chi connectivity index (χ3n) is 13.9. The van der Waals surface area contributed by atoms with E-state index in [1.165, 1.54) is 22.9 Å². The van der Waals surface area contributed by atoms with Crippen LogP contribution in [0.1, 0.15) is 168 Å². The normalized spacial score (nSPS) is 16.1. The zero-order chi connectivity index (χ0) is 52.6. The number of hydrogen-bond acceptors (Lipinski definition) is 9. The highest BCUT2D eigenvalue weighted by molar-refractivity contribution is 6.32. The largest absolute Gasteiger partial charge is 0.385 e. The van der Waals surface area contributed by atoms with Gasteiger partial charge in [-0.05, 0) is 130 Å². The number of halogens is 2. The number of piperidine rings is 2. The predicted octanol–water partition coefficient (Wildman–Crippen LogP) is 15.0. The molecule has 2 fully saturated rings. The minimum absolute atomic E-state index is 0.0485. The minimum atomic E-state index is -0.875. The SMILES string of the molecule is C/C=C(/C)C(C)CCC(=O)CC.CC(C)C.CCc1cc(C2(O)CCN(Cc3ccc(N4CCC(Nc5ncc(Cl)c(-c6cc(C)c(N=C(C)C(C)C)c(F)c6)n5)CC4)cc3)CC2)ccc1C(=O)C(C)C. The molecule has 0 amide bonds. The topological polar surface area (TPSA) is 111 Å². The van der Waals surface area contributed by atoms with Gasteiger partial charge in [-0.15, -0.1) is 0 Å². The Hall–Kier alpha value is -4.77. The van der Waals surface area contributed by atoms with Crippen LogP contribution in [-0.4, -0.2) is 69.5 Å². The standard InChI is InChI=1S/C45H56ClFN6O2.C11H20O.C4H10/c1-8-33-24-35(11-14-38(33)43(54)29(4)5)45(55)17-21-52(22-18-45)27-32-9-12-37(13-10-32)53-19-15-36(16-20-53)50-44-48-26-39(46)42(51-44)34-23-30(6)41(40(47)25-34)49-31(7)28(2)3;1-5-9(3)10(4)7-8-11(12)6-2;1-4(2)3/h9-14,23-26,28-29,36,55H,8,15-22,27H2,1-7H3,(H,48,50,51);5,10H,6-8H2,1-4H3;4H,1-3H3/b;9-5-;. The van der Waals surface area contributed by atoms with Gasteiger partial charge in [0.1, 0.15) is 17.3 Å². The molecule has 3 heterocycles. The number of allylic oxidation sites excluding steroid dienone is 2. The maximum atomic E-state index is 15.2. The third kappa shape index (κ3) is 17.5. The Morgan fingerprint density at radius 1 is 0.930 bits per heavy atom. The molecule has 4 aromatic rings.